The van der Waals surface area contributed by atoms with Crippen LogP contribution in [0.25, 0.3) is 0 Å². The van der Waals surface area contributed by atoms with Crippen molar-refractivity contribution in [3.05, 3.63) is 18.5 Å². The lowest BCUT2D eigenvalue weighted by Crippen LogP contribution is -2.46. The lowest BCUT2D eigenvalue weighted by atomic mass is 9.92. The van der Waals surface area contributed by atoms with E-state index in [9.17, 15) is 4.79 Å². The minimum Gasteiger partial charge on any atom is -0.341 e. The average molecular weight is 328 g/mol. The van der Waals surface area contributed by atoms with E-state index in [1.165, 1.54) is 38.5 Å². The summed E-state index contributed by atoms with van der Waals surface area (Å²) in [6, 6.07) is 2.38. The highest BCUT2D eigenvalue weighted by atomic mass is 16.2. The third-order valence-electron chi connectivity index (χ3n) is 6.21. The molecule has 0 aromatic carbocycles. The van der Waals surface area contributed by atoms with Crippen molar-refractivity contribution in [2.45, 2.75) is 57.4 Å². The quantitative estimate of drug-likeness (QED) is 0.856. The first-order chi connectivity index (χ1) is 11.8. The van der Waals surface area contributed by atoms with Crippen molar-refractivity contribution in [3.63, 3.8) is 0 Å². The molecule has 3 heterocycles. The van der Waals surface area contributed by atoms with Crippen LogP contribution in [0.4, 0.5) is 5.95 Å². The molecular formula is C19H28N4O. The first kappa shape index (κ1) is 15.9. The Kier molecular flexibility index (Phi) is 4.67. The zero-order chi connectivity index (χ0) is 16.4. The molecule has 3 fully saturated rings. The Balaban J connectivity index is 1.35. The topological polar surface area (TPSA) is 49.3 Å². The number of amides is 1. The highest BCUT2D eigenvalue weighted by Gasteiger charge is 2.39. The van der Waals surface area contributed by atoms with Gasteiger partial charge in [0, 0.05) is 44.0 Å². The molecule has 1 saturated carbocycles. The van der Waals surface area contributed by atoms with Crippen molar-refractivity contribution in [1.82, 2.24) is 14.9 Å². The van der Waals surface area contributed by atoms with E-state index in [0.29, 0.717) is 11.9 Å². The van der Waals surface area contributed by atoms with Crippen LogP contribution in [0.15, 0.2) is 18.5 Å². The van der Waals surface area contributed by atoms with E-state index in [0.717, 1.165) is 44.3 Å². The first-order valence-corrected chi connectivity index (χ1v) is 9.65. The van der Waals surface area contributed by atoms with Crippen LogP contribution in [-0.2, 0) is 4.79 Å². The molecule has 0 unspecified atom stereocenters. The second-order valence-electron chi connectivity index (χ2n) is 7.60. The number of rotatable bonds is 3. The van der Waals surface area contributed by atoms with Crippen LogP contribution in [0.2, 0.25) is 0 Å². The van der Waals surface area contributed by atoms with Gasteiger partial charge in [0.15, 0.2) is 0 Å². The fraction of sp³-hybridized carbons (Fsp3) is 0.737. The van der Waals surface area contributed by atoms with Gasteiger partial charge >= 0.3 is 0 Å². The number of hydrogen-bond donors (Lipinski definition) is 0. The Morgan fingerprint density at radius 2 is 1.62 bits per heavy atom. The fourth-order valence-corrected chi connectivity index (χ4v) is 4.91. The van der Waals surface area contributed by atoms with Gasteiger partial charge in [-0.3, -0.25) is 4.79 Å². The van der Waals surface area contributed by atoms with Crippen LogP contribution < -0.4 is 4.90 Å². The van der Waals surface area contributed by atoms with Gasteiger partial charge in [-0.25, -0.2) is 9.97 Å². The van der Waals surface area contributed by atoms with Gasteiger partial charge in [-0.15, -0.1) is 0 Å². The number of carbonyl (C=O) groups is 1. The summed E-state index contributed by atoms with van der Waals surface area (Å²) in [5.41, 5.74) is 0. The predicted molar refractivity (Wildman–Crippen MR) is 93.7 cm³/mol. The minimum absolute atomic E-state index is 0.201. The van der Waals surface area contributed by atoms with Gasteiger partial charge in [-0.1, -0.05) is 12.8 Å². The summed E-state index contributed by atoms with van der Waals surface area (Å²) < 4.78 is 0. The number of likely N-dealkylation sites (tertiary alicyclic amines) is 1. The summed E-state index contributed by atoms with van der Waals surface area (Å²) in [6.07, 6.45) is 13.3. The zero-order valence-electron chi connectivity index (χ0n) is 14.4. The van der Waals surface area contributed by atoms with Crippen LogP contribution in [0, 0.1) is 11.8 Å². The fourth-order valence-electron chi connectivity index (χ4n) is 4.91. The monoisotopic (exact) mass is 328 g/mol. The molecule has 0 bridgehead atoms. The largest absolute Gasteiger partial charge is 0.341 e. The van der Waals surface area contributed by atoms with Gasteiger partial charge in [0.05, 0.1) is 0 Å². The summed E-state index contributed by atoms with van der Waals surface area (Å²) in [7, 11) is 0. The van der Waals surface area contributed by atoms with Crippen molar-refractivity contribution in [1.29, 1.82) is 0 Å². The summed E-state index contributed by atoms with van der Waals surface area (Å²) in [6.45, 7) is 2.77. The summed E-state index contributed by atoms with van der Waals surface area (Å²) in [5.74, 6) is 2.20. The molecule has 2 aliphatic heterocycles. The molecule has 0 N–H and O–H groups in total. The normalized spacial score (nSPS) is 26.2. The van der Waals surface area contributed by atoms with Crippen LogP contribution in [-0.4, -0.2) is 46.5 Å². The molecule has 1 atom stereocenters. The van der Waals surface area contributed by atoms with Crippen molar-refractivity contribution in [3.8, 4) is 0 Å². The number of aromatic nitrogens is 2. The summed E-state index contributed by atoms with van der Waals surface area (Å²) in [4.78, 5) is 26.2. The molecule has 1 aliphatic carbocycles. The highest BCUT2D eigenvalue weighted by Crippen LogP contribution is 2.36. The number of anilines is 1. The summed E-state index contributed by atoms with van der Waals surface area (Å²) >= 11 is 0. The third kappa shape index (κ3) is 3.13. The van der Waals surface area contributed by atoms with Crippen LogP contribution >= 0.6 is 0 Å². The Hall–Kier alpha value is -1.65. The molecule has 1 aromatic rings. The van der Waals surface area contributed by atoms with E-state index in [1.54, 1.807) is 12.4 Å². The molecule has 24 heavy (non-hydrogen) atoms. The van der Waals surface area contributed by atoms with E-state index in [1.807, 2.05) is 6.07 Å². The van der Waals surface area contributed by atoms with Gasteiger partial charge in [-0.05, 0) is 50.5 Å². The third-order valence-corrected chi connectivity index (χ3v) is 6.21. The van der Waals surface area contributed by atoms with Gasteiger partial charge in [0.1, 0.15) is 0 Å². The average Bonchev–Trinajstić information content (AvgIpc) is 3.33. The molecule has 5 heteroatoms. The molecular weight excluding hydrogens is 300 g/mol. The van der Waals surface area contributed by atoms with Crippen LogP contribution in [0.5, 0.6) is 0 Å². The molecule has 0 spiro atoms. The van der Waals surface area contributed by atoms with E-state index in [4.69, 9.17) is 0 Å². The molecule has 4 rings (SSSR count). The SMILES string of the molecule is O=C(C1CCN(c2ncccn2)CC1)N1CCC[C@@H]1C1CCCC1. The molecule has 5 nitrogen and oxygen atoms in total. The molecule has 1 amide bonds. The van der Waals surface area contributed by atoms with E-state index in [-0.39, 0.29) is 5.92 Å². The predicted octanol–water partition coefficient (Wildman–Crippen LogP) is 2.87. The van der Waals surface area contributed by atoms with E-state index in [2.05, 4.69) is 19.8 Å². The minimum atomic E-state index is 0.201. The number of nitrogens with zero attached hydrogens (tertiary/aromatic N) is 4. The molecule has 3 aliphatic rings. The Bertz CT molecular complexity index is 550. The van der Waals surface area contributed by atoms with E-state index < -0.39 is 0 Å². The number of hydrogen-bond acceptors (Lipinski definition) is 4. The maximum atomic E-state index is 13.1. The first-order valence-electron chi connectivity index (χ1n) is 9.65. The number of carbonyl (C=O) groups excluding carboxylic acids is 1. The smallest absolute Gasteiger partial charge is 0.226 e. The van der Waals surface area contributed by atoms with Gasteiger partial charge in [0.2, 0.25) is 11.9 Å². The van der Waals surface area contributed by atoms with Crippen molar-refractivity contribution in [2.24, 2.45) is 11.8 Å². The Morgan fingerprint density at radius 1 is 0.917 bits per heavy atom. The standard InChI is InChI=1S/C19H28N4O/c24-18(23-12-3-7-17(23)15-5-1-2-6-15)16-8-13-22(14-9-16)19-20-10-4-11-21-19/h4,10-11,15-17H,1-3,5-9,12-14H2/t17-/m1/s1. The molecule has 130 valence electrons. The van der Waals surface area contributed by atoms with Gasteiger partial charge < -0.3 is 9.80 Å². The lowest BCUT2D eigenvalue weighted by molar-refractivity contribution is -0.138. The number of piperidine rings is 1. The maximum absolute atomic E-state index is 13.1. The van der Waals surface area contributed by atoms with Crippen LogP contribution in [0.1, 0.15) is 51.4 Å². The lowest BCUT2D eigenvalue weighted by Gasteiger charge is -2.36. The maximum Gasteiger partial charge on any atom is 0.226 e. The molecule has 0 radical (unpaired) electrons. The Labute approximate surface area is 144 Å². The Morgan fingerprint density at radius 3 is 2.33 bits per heavy atom. The van der Waals surface area contributed by atoms with Crippen LogP contribution in [0.3, 0.4) is 0 Å². The molecule has 2 saturated heterocycles. The van der Waals surface area contributed by atoms with Crippen molar-refractivity contribution < 1.29 is 4.79 Å². The van der Waals surface area contributed by atoms with Crippen molar-refractivity contribution in [2.75, 3.05) is 24.5 Å². The van der Waals surface area contributed by atoms with E-state index >= 15 is 0 Å². The van der Waals surface area contributed by atoms with Gasteiger partial charge in [0.25, 0.3) is 0 Å². The molecule has 1 aromatic heterocycles. The van der Waals surface area contributed by atoms with Crippen molar-refractivity contribution >= 4 is 11.9 Å². The summed E-state index contributed by atoms with van der Waals surface area (Å²) in [5, 5.41) is 0. The second-order valence-corrected chi connectivity index (χ2v) is 7.60. The zero-order valence-corrected chi connectivity index (χ0v) is 14.4. The second kappa shape index (κ2) is 7.08. The highest BCUT2D eigenvalue weighted by molar-refractivity contribution is 5.79. The van der Waals surface area contributed by atoms with Gasteiger partial charge in [-0.2, -0.15) is 0 Å².